The summed E-state index contributed by atoms with van der Waals surface area (Å²) in [4.78, 5) is 13.2. The summed E-state index contributed by atoms with van der Waals surface area (Å²) in [5.74, 6) is -0.428. The lowest BCUT2D eigenvalue weighted by atomic mass is 10.1. The van der Waals surface area contributed by atoms with Gasteiger partial charge in [0, 0.05) is 30.4 Å². The fraction of sp³-hybridized carbons (Fsp3) is 0.500. The van der Waals surface area contributed by atoms with E-state index in [1.807, 2.05) is 6.07 Å². The van der Waals surface area contributed by atoms with Crippen LogP contribution in [0.2, 0.25) is 0 Å². The van der Waals surface area contributed by atoms with Gasteiger partial charge in [0.05, 0.1) is 12.2 Å². The van der Waals surface area contributed by atoms with Gasteiger partial charge in [0.2, 0.25) is 0 Å². The molecule has 106 valence electrons. The summed E-state index contributed by atoms with van der Waals surface area (Å²) in [6.45, 7) is 6.48. The fourth-order valence-corrected chi connectivity index (χ4v) is 2.33. The molecule has 0 aromatic heterocycles. The molecule has 0 heterocycles. The van der Waals surface area contributed by atoms with Gasteiger partial charge in [-0.25, -0.2) is 4.79 Å². The van der Waals surface area contributed by atoms with Crippen molar-refractivity contribution in [3.05, 3.63) is 28.2 Å². The number of hydrogen-bond acceptors (Lipinski definition) is 3. The molecule has 0 fully saturated rings. The molecular formula is C14H20BrNO3. The van der Waals surface area contributed by atoms with E-state index in [1.165, 1.54) is 0 Å². The molecular weight excluding hydrogens is 310 g/mol. The third-order valence-corrected chi connectivity index (χ3v) is 3.10. The predicted molar refractivity (Wildman–Crippen MR) is 80.0 cm³/mol. The van der Waals surface area contributed by atoms with Crippen LogP contribution in [0.4, 0.5) is 5.69 Å². The van der Waals surface area contributed by atoms with Crippen LogP contribution in [0.1, 0.15) is 24.2 Å². The van der Waals surface area contributed by atoms with Crippen molar-refractivity contribution in [2.45, 2.75) is 13.8 Å². The quantitative estimate of drug-likeness (QED) is 0.834. The monoisotopic (exact) mass is 329 g/mol. The van der Waals surface area contributed by atoms with E-state index in [2.05, 4.69) is 34.7 Å². The standard InChI is InChI=1S/C14H20BrNO3/c1-10(2)9-16(4-5-19-3)13-7-11(14(17)18)6-12(15)8-13/h6-8,10H,4-5,9H2,1-3H3,(H,17,18). The molecule has 0 radical (unpaired) electrons. The zero-order valence-corrected chi connectivity index (χ0v) is 13.1. The maximum Gasteiger partial charge on any atom is 0.335 e. The molecule has 1 N–H and O–H groups in total. The molecule has 19 heavy (non-hydrogen) atoms. The Balaban J connectivity index is 3.02. The first kappa shape index (κ1) is 16.0. The minimum absolute atomic E-state index is 0.288. The molecule has 0 spiro atoms. The number of methoxy groups -OCH3 is 1. The van der Waals surface area contributed by atoms with Gasteiger partial charge < -0.3 is 14.7 Å². The molecule has 0 aliphatic rings. The molecule has 0 aliphatic heterocycles. The Bertz CT molecular complexity index is 435. The van der Waals surface area contributed by atoms with E-state index in [4.69, 9.17) is 9.84 Å². The van der Waals surface area contributed by atoms with Crippen LogP contribution in [0.3, 0.4) is 0 Å². The lowest BCUT2D eigenvalue weighted by molar-refractivity contribution is 0.0697. The van der Waals surface area contributed by atoms with Gasteiger partial charge in [-0.1, -0.05) is 29.8 Å². The molecule has 1 rings (SSSR count). The molecule has 0 saturated heterocycles. The average molecular weight is 330 g/mol. The third kappa shape index (κ3) is 5.20. The number of anilines is 1. The topological polar surface area (TPSA) is 49.8 Å². The van der Waals surface area contributed by atoms with Crippen molar-refractivity contribution in [1.82, 2.24) is 0 Å². The van der Waals surface area contributed by atoms with Gasteiger partial charge in [-0.05, 0) is 24.1 Å². The fourth-order valence-electron chi connectivity index (χ4n) is 1.85. The average Bonchev–Trinajstić information content (AvgIpc) is 2.33. The first-order valence-corrected chi connectivity index (χ1v) is 7.01. The number of rotatable bonds is 7. The van der Waals surface area contributed by atoms with Crippen molar-refractivity contribution in [2.24, 2.45) is 5.92 Å². The Morgan fingerprint density at radius 1 is 1.42 bits per heavy atom. The molecule has 4 nitrogen and oxygen atoms in total. The Morgan fingerprint density at radius 3 is 2.63 bits per heavy atom. The number of carbonyl (C=O) groups is 1. The number of carboxylic acids is 1. The molecule has 0 aliphatic carbocycles. The highest BCUT2D eigenvalue weighted by atomic mass is 79.9. The van der Waals surface area contributed by atoms with E-state index in [0.29, 0.717) is 12.5 Å². The van der Waals surface area contributed by atoms with E-state index in [1.54, 1.807) is 19.2 Å². The SMILES string of the molecule is COCCN(CC(C)C)c1cc(Br)cc(C(=O)O)c1. The first-order chi connectivity index (χ1) is 8.93. The molecule has 0 bridgehead atoms. The van der Waals surface area contributed by atoms with Gasteiger partial charge in [-0.2, -0.15) is 0 Å². The van der Waals surface area contributed by atoms with Crippen LogP contribution >= 0.6 is 15.9 Å². The van der Waals surface area contributed by atoms with Crippen molar-refractivity contribution in [3.8, 4) is 0 Å². The summed E-state index contributed by atoms with van der Waals surface area (Å²) >= 11 is 3.36. The van der Waals surface area contributed by atoms with E-state index < -0.39 is 5.97 Å². The largest absolute Gasteiger partial charge is 0.478 e. The maximum atomic E-state index is 11.1. The second-order valence-corrected chi connectivity index (χ2v) is 5.75. The molecule has 0 atom stereocenters. The summed E-state index contributed by atoms with van der Waals surface area (Å²) in [7, 11) is 1.66. The van der Waals surface area contributed by atoms with Gasteiger partial charge in [-0.3, -0.25) is 0 Å². The molecule has 1 aromatic rings. The predicted octanol–water partition coefficient (Wildman–Crippen LogP) is 3.26. The van der Waals surface area contributed by atoms with Gasteiger partial charge in [-0.15, -0.1) is 0 Å². The van der Waals surface area contributed by atoms with Crippen LogP contribution in [0.5, 0.6) is 0 Å². The van der Waals surface area contributed by atoms with Crippen LogP contribution in [-0.2, 0) is 4.74 Å². The highest BCUT2D eigenvalue weighted by molar-refractivity contribution is 9.10. The van der Waals surface area contributed by atoms with Crippen LogP contribution in [-0.4, -0.2) is 37.9 Å². The zero-order chi connectivity index (χ0) is 14.4. The van der Waals surface area contributed by atoms with E-state index >= 15 is 0 Å². The lowest BCUT2D eigenvalue weighted by Gasteiger charge is -2.27. The second kappa shape index (κ2) is 7.50. The molecule has 0 saturated carbocycles. The van der Waals surface area contributed by atoms with Crippen molar-refractivity contribution in [3.63, 3.8) is 0 Å². The summed E-state index contributed by atoms with van der Waals surface area (Å²) in [6, 6.07) is 5.24. The third-order valence-electron chi connectivity index (χ3n) is 2.65. The number of ether oxygens (including phenoxy) is 1. The molecule has 0 unspecified atom stereocenters. The summed E-state index contributed by atoms with van der Waals surface area (Å²) < 4.78 is 5.89. The number of aromatic carboxylic acids is 1. The van der Waals surface area contributed by atoms with Crippen LogP contribution in [0.15, 0.2) is 22.7 Å². The van der Waals surface area contributed by atoms with Crippen molar-refractivity contribution in [2.75, 3.05) is 31.7 Å². The Hall–Kier alpha value is -1.07. The maximum absolute atomic E-state index is 11.1. The summed E-state index contributed by atoms with van der Waals surface area (Å²) in [5, 5.41) is 9.11. The molecule has 5 heteroatoms. The van der Waals surface area contributed by atoms with E-state index in [0.717, 1.165) is 23.2 Å². The normalized spacial score (nSPS) is 10.8. The Labute approximate surface area is 122 Å². The van der Waals surface area contributed by atoms with Crippen LogP contribution in [0.25, 0.3) is 0 Å². The Morgan fingerprint density at radius 2 is 2.11 bits per heavy atom. The lowest BCUT2D eigenvalue weighted by Crippen LogP contribution is -2.31. The van der Waals surface area contributed by atoms with Crippen LogP contribution < -0.4 is 4.90 Å². The van der Waals surface area contributed by atoms with Crippen molar-refractivity contribution >= 4 is 27.6 Å². The highest BCUT2D eigenvalue weighted by Crippen LogP contribution is 2.24. The van der Waals surface area contributed by atoms with E-state index in [-0.39, 0.29) is 5.56 Å². The Kier molecular flexibility index (Phi) is 6.31. The van der Waals surface area contributed by atoms with Crippen molar-refractivity contribution in [1.29, 1.82) is 0 Å². The van der Waals surface area contributed by atoms with Gasteiger partial charge in [0.25, 0.3) is 0 Å². The van der Waals surface area contributed by atoms with Gasteiger partial charge >= 0.3 is 5.97 Å². The minimum atomic E-state index is -0.918. The summed E-state index contributed by atoms with van der Waals surface area (Å²) in [6.07, 6.45) is 0. The number of benzene rings is 1. The smallest absolute Gasteiger partial charge is 0.335 e. The number of hydrogen-bond donors (Lipinski definition) is 1. The minimum Gasteiger partial charge on any atom is -0.478 e. The first-order valence-electron chi connectivity index (χ1n) is 6.21. The number of halogens is 1. The van der Waals surface area contributed by atoms with Gasteiger partial charge in [0.1, 0.15) is 0 Å². The van der Waals surface area contributed by atoms with Gasteiger partial charge in [0.15, 0.2) is 0 Å². The van der Waals surface area contributed by atoms with E-state index in [9.17, 15) is 4.79 Å². The highest BCUT2D eigenvalue weighted by Gasteiger charge is 2.12. The number of carboxylic acid groups (broad SMARTS) is 1. The summed E-state index contributed by atoms with van der Waals surface area (Å²) in [5.41, 5.74) is 1.19. The second-order valence-electron chi connectivity index (χ2n) is 4.84. The van der Waals surface area contributed by atoms with Crippen LogP contribution in [0, 0.1) is 5.92 Å². The van der Waals surface area contributed by atoms with Crippen molar-refractivity contribution < 1.29 is 14.6 Å². The molecule has 0 amide bonds. The molecule has 1 aromatic carbocycles. The zero-order valence-electron chi connectivity index (χ0n) is 11.5. The number of nitrogens with zero attached hydrogens (tertiary/aromatic N) is 1.